The van der Waals surface area contributed by atoms with Gasteiger partial charge in [0, 0.05) is 12.2 Å². The molecule has 1 unspecified atom stereocenters. The average molecular weight is 584 g/mol. The van der Waals surface area contributed by atoms with E-state index in [2.05, 4.69) is 22.3 Å². The van der Waals surface area contributed by atoms with Gasteiger partial charge in [0.15, 0.2) is 6.61 Å². The molecule has 1 atom stereocenters. The zero-order chi connectivity index (χ0) is 30.5. The van der Waals surface area contributed by atoms with Crippen molar-refractivity contribution in [2.24, 2.45) is 0 Å². The van der Waals surface area contributed by atoms with Crippen LogP contribution in [0.25, 0.3) is 0 Å². The lowest BCUT2D eigenvalue weighted by Gasteiger charge is -2.46. The lowest BCUT2D eigenvalue weighted by Crippen LogP contribution is -2.49. The number of methoxy groups -OCH3 is 1. The van der Waals surface area contributed by atoms with Gasteiger partial charge in [0.25, 0.3) is 11.8 Å². The maximum absolute atomic E-state index is 14.1. The topological polar surface area (TPSA) is 71.1 Å². The molecular formula is C37H33N3O4. The molecular weight excluding hydrogens is 550 g/mol. The van der Waals surface area contributed by atoms with Gasteiger partial charge < -0.3 is 19.7 Å². The lowest BCUT2D eigenvalue weighted by atomic mass is 9.99. The standard InChI is InChI=1S/C37H33N3O4/c1-26-16-20-29(21-17-26)40-36(39(24-27-10-4-3-5-11-27)33-14-8-6-12-31(33)37(40)42)28-18-22-30(23-19-28)44-25-35(41)38-32-13-7-9-15-34(32)43-2/h3-23,36H,24-25H2,1-2H3,(H,38,41). The molecule has 0 aromatic heterocycles. The van der Waals surface area contributed by atoms with E-state index in [9.17, 15) is 9.59 Å². The first kappa shape index (κ1) is 28.6. The number of rotatable bonds is 9. The molecule has 0 spiro atoms. The van der Waals surface area contributed by atoms with Crippen molar-refractivity contribution in [3.63, 3.8) is 0 Å². The summed E-state index contributed by atoms with van der Waals surface area (Å²) >= 11 is 0. The molecule has 5 aromatic rings. The van der Waals surface area contributed by atoms with Crippen molar-refractivity contribution in [2.75, 3.05) is 28.8 Å². The maximum Gasteiger partial charge on any atom is 0.262 e. The quantitative estimate of drug-likeness (QED) is 0.196. The minimum absolute atomic E-state index is 0.0629. The van der Waals surface area contributed by atoms with Crippen molar-refractivity contribution < 1.29 is 19.1 Å². The first-order valence-electron chi connectivity index (χ1n) is 14.5. The van der Waals surface area contributed by atoms with Crippen molar-refractivity contribution in [3.8, 4) is 11.5 Å². The smallest absolute Gasteiger partial charge is 0.262 e. The summed E-state index contributed by atoms with van der Waals surface area (Å²) in [6, 6.07) is 40.9. The highest BCUT2D eigenvalue weighted by Crippen LogP contribution is 2.42. The van der Waals surface area contributed by atoms with Crippen LogP contribution in [0.3, 0.4) is 0 Å². The second kappa shape index (κ2) is 12.8. The maximum atomic E-state index is 14.1. The van der Waals surface area contributed by atoms with Crippen LogP contribution in [0.1, 0.15) is 33.2 Å². The van der Waals surface area contributed by atoms with E-state index in [0.29, 0.717) is 29.3 Å². The van der Waals surface area contributed by atoms with E-state index in [0.717, 1.165) is 28.1 Å². The van der Waals surface area contributed by atoms with E-state index >= 15 is 0 Å². The molecule has 220 valence electrons. The summed E-state index contributed by atoms with van der Waals surface area (Å²) in [5, 5.41) is 2.83. The molecule has 1 heterocycles. The third-order valence-corrected chi connectivity index (χ3v) is 7.64. The highest BCUT2D eigenvalue weighted by atomic mass is 16.5. The highest BCUT2D eigenvalue weighted by molar-refractivity contribution is 6.12. The average Bonchev–Trinajstić information content (AvgIpc) is 3.06. The Morgan fingerprint density at radius 3 is 2.23 bits per heavy atom. The second-order valence-electron chi connectivity index (χ2n) is 10.6. The van der Waals surface area contributed by atoms with Crippen LogP contribution in [0.5, 0.6) is 11.5 Å². The molecule has 0 bridgehead atoms. The largest absolute Gasteiger partial charge is 0.495 e. The van der Waals surface area contributed by atoms with Crippen LogP contribution in [-0.2, 0) is 11.3 Å². The Morgan fingerprint density at radius 2 is 1.48 bits per heavy atom. The van der Waals surface area contributed by atoms with E-state index < -0.39 is 6.17 Å². The van der Waals surface area contributed by atoms with Crippen LogP contribution in [0, 0.1) is 6.92 Å². The van der Waals surface area contributed by atoms with E-state index in [4.69, 9.17) is 9.47 Å². The molecule has 1 aliphatic heterocycles. The molecule has 6 rings (SSSR count). The van der Waals surface area contributed by atoms with Crippen LogP contribution in [-0.4, -0.2) is 25.5 Å². The zero-order valence-corrected chi connectivity index (χ0v) is 24.6. The predicted octanol–water partition coefficient (Wildman–Crippen LogP) is 7.39. The molecule has 1 aliphatic rings. The van der Waals surface area contributed by atoms with Gasteiger partial charge in [-0.1, -0.05) is 84.4 Å². The number of para-hydroxylation sites is 3. The van der Waals surface area contributed by atoms with Gasteiger partial charge in [-0.15, -0.1) is 0 Å². The Balaban J connectivity index is 1.31. The number of ether oxygens (including phenoxy) is 2. The van der Waals surface area contributed by atoms with Crippen LogP contribution in [0.15, 0.2) is 127 Å². The van der Waals surface area contributed by atoms with Crippen LogP contribution in [0.2, 0.25) is 0 Å². The van der Waals surface area contributed by atoms with Crippen molar-refractivity contribution >= 4 is 28.9 Å². The summed E-state index contributed by atoms with van der Waals surface area (Å²) < 4.78 is 11.1. The number of nitrogens with one attached hydrogen (secondary N) is 1. The Kier molecular flexibility index (Phi) is 8.28. The highest BCUT2D eigenvalue weighted by Gasteiger charge is 2.39. The number of benzene rings is 5. The minimum Gasteiger partial charge on any atom is -0.495 e. The van der Waals surface area contributed by atoms with E-state index in [1.54, 1.807) is 19.2 Å². The van der Waals surface area contributed by atoms with Crippen molar-refractivity contribution in [3.05, 3.63) is 150 Å². The third kappa shape index (κ3) is 5.99. The fourth-order valence-electron chi connectivity index (χ4n) is 5.48. The summed E-state index contributed by atoms with van der Waals surface area (Å²) in [6.45, 7) is 2.47. The number of aryl methyl sites for hydroxylation is 1. The van der Waals surface area contributed by atoms with Gasteiger partial charge in [-0.3, -0.25) is 14.5 Å². The summed E-state index contributed by atoms with van der Waals surface area (Å²) in [7, 11) is 1.56. The number of nitrogens with zero attached hydrogens (tertiary/aromatic N) is 2. The number of hydrogen-bond acceptors (Lipinski definition) is 5. The normalized spacial score (nSPS) is 14.1. The van der Waals surface area contributed by atoms with Gasteiger partial charge in [0.05, 0.1) is 24.0 Å². The summed E-state index contributed by atoms with van der Waals surface area (Å²) in [6.07, 6.45) is -0.428. The monoisotopic (exact) mass is 583 g/mol. The third-order valence-electron chi connectivity index (χ3n) is 7.64. The van der Waals surface area contributed by atoms with Crippen molar-refractivity contribution in [1.29, 1.82) is 0 Å². The second-order valence-corrected chi connectivity index (χ2v) is 10.6. The molecule has 7 heteroatoms. The predicted molar refractivity (Wildman–Crippen MR) is 173 cm³/mol. The van der Waals surface area contributed by atoms with E-state index in [-0.39, 0.29) is 18.4 Å². The van der Waals surface area contributed by atoms with E-state index in [1.807, 2.05) is 115 Å². The van der Waals surface area contributed by atoms with Crippen molar-refractivity contribution in [1.82, 2.24) is 0 Å². The summed E-state index contributed by atoms with van der Waals surface area (Å²) in [4.78, 5) is 30.9. The molecule has 5 aromatic carbocycles. The SMILES string of the molecule is COc1ccccc1NC(=O)COc1ccc(C2N(Cc3ccccc3)c3ccccc3C(=O)N2c2ccc(C)cc2)cc1. The number of amides is 2. The number of carbonyl (C=O) groups is 2. The molecule has 0 aliphatic carbocycles. The van der Waals surface area contributed by atoms with Gasteiger partial charge in [-0.05, 0) is 66.6 Å². The first-order chi connectivity index (χ1) is 21.5. The summed E-state index contributed by atoms with van der Waals surface area (Å²) in [5.41, 5.74) is 6.08. The van der Waals surface area contributed by atoms with Gasteiger partial charge in [0.1, 0.15) is 17.7 Å². The van der Waals surface area contributed by atoms with Crippen molar-refractivity contribution in [2.45, 2.75) is 19.6 Å². The first-order valence-corrected chi connectivity index (χ1v) is 14.5. The van der Waals surface area contributed by atoms with Crippen LogP contribution >= 0.6 is 0 Å². The molecule has 0 fully saturated rings. The van der Waals surface area contributed by atoms with Gasteiger partial charge >= 0.3 is 0 Å². The summed E-state index contributed by atoms with van der Waals surface area (Å²) in [5.74, 6) is 0.759. The van der Waals surface area contributed by atoms with Gasteiger partial charge in [-0.2, -0.15) is 0 Å². The molecule has 0 radical (unpaired) electrons. The molecule has 7 nitrogen and oxygen atoms in total. The fourth-order valence-corrected chi connectivity index (χ4v) is 5.48. The number of fused-ring (bicyclic) bond motifs is 1. The van der Waals surface area contributed by atoms with E-state index in [1.165, 1.54) is 0 Å². The number of anilines is 3. The Hall–Kier alpha value is -5.56. The van der Waals surface area contributed by atoms with Gasteiger partial charge in [-0.25, -0.2) is 0 Å². The zero-order valence-electron chi connectivity index (χ0n) is 24.6. The van der Waals surface area contributed by atoms with Gasteiger partial charge in [0.2, 0.25) is 0 Å². The fraction of sp³-hybridized carbons (Fsp3) is 0.135. The molecule has 2 amide bonds. The lowest BCUT2D eigenvalue weighted by molar-refractivity contribution is -0.118. The number of carbonyl (C=O) groups excluding carboxylic acids is 2. The minimum atomic E-state index is -0.428. The molecule has 0 saturated heterocycles. The van der Waals surface area contributed by atoms with Crippen LogP contribution < -0.4 is 24.6 Å². The number of hydrogen-bond donors (Lipinski definition) is 1. The van der Waals surface area contributed by atoms with Crippen LogP contribution in [0.4, 0.5) is 17.1 Å². The molecule has 44 heavy (non-hydrogen) atoms. The Bertz CT molecular complexity index is 1750. The Morgan fingerprint density at radius 1 is 0.795 bits per heavy atom. The Labute approximate surface area is 257 Å². The molecule has 0 saturated carbocycles. The molecule has 1 N–H and O–H groups in total.